The standard InChI is InChI=1S/C21H21FN6O/c1-13-20-18(15-4-6-17(22)7-5-15)8-9-23-21(20)28(26-13)12-19(29)24-10-16-11-25-27(3)14(16)2/h4-9,11H,10,12H2,1-3H3,(H,24,29). The topological polar surface area (TPSA) is 77.6 Å². The van der Waals surface area contributed by atoms with E-state index in [1.807, 2.05) is 27.0 Å². The molecular formula is C21H21FN6O. The first-order chi connectivity index (χ1) is 13.9. The number of nitrogens with zero attached hydrogens (tertiary/aromatic N) is 5. The van der Waals surface area contributed by atoms with Crippen molar-refractivity contribution in [3.63, 3.8) is 0 Å². The van der Waals surface area contributed by atoms with E-state index in [0.29, 0.717) is 12.2 Å². The number of halogens is 1. The van der Waals surface area contributed by atoms with E-state index in [-0.39, 0.29) is 18.3 Å². The molecule has 0 fully saturated rings. The van der Waals surface area contributed by atoms with Crippen LogP contribution in [0.2, 0.25) is 0 Å². The van der Waals surface area contributed by atoms with Gasteiger partial charge in [0.25, 0.3) is 0 Å². The molecule has 0 radical (unpaired) electrons. The maximum Gasteiger partial charge on any atom is 0.242 e. The van der Waals surface area contributed by atoms with Crippen LogP contribution in [0, 0.1) is 19.7 Å². The second-order valence-corrected chi connectivity index (χ2v) is 6.96. The fourth-order valence-corrected chi connectivity index (χ4v) is 3.37. The summed E-state index contributed by atoms with van der Waals surface area (Å²) < 4.78 is 16.7. The molecule has 0 aliphatic rings. The summed E-state index contributed by atoms with van der Waals surface area (Å²) in [6, 6.07) is 8.18. The molecule has 0 saturated heterocycles. The van der Waals surface area contributed by atoms with Crippen molar-refractivity contribution in [3.8, 4) is 11.1 Å². The number of hydrogen-bond donors (Lipinski definition) is 1. The van der Waals surface area contributed by atoms with Crippen molar-refractivity contribution in [2.45, 2.75) is 26.9 Å². The predicted octanol–water partition coefficient (Wildman–Crippen LogP) is 2.90. The van der Waals surface area contributed by atoms with Crippen LogP contribution in [0.4, 0.5) is 4.39 Å². The molecule has 8 heteroatoms. The first-order valence-electron chi connectivity index (χ1n) is 9.26. The van der Waals surface area contributed by atoms with Gasteiger partial charge in [-0.3, -0.25) is 9.48 Å². The van der Waals surface area contributed by atoms with Gasteiger partial charge in [0, 0.05) is 36.4 Å². The lowest BCUT2D eigenvalue weighted by Crippen LogP contribution is -2.27. The van der Waals surface area contributed by atoms with Gasteiger partial charge in [-0.25, -0.2) is 14.1 Å². The molecule has 1 amide bonds. The molecule has 0 atom stereocenters. The SMILES string of the molecule is Cc1nn(CC(=O)NCc2cnn(C)c2C)c2nccc(-c3ccc(F)cc3)c12. The lowest BCUT2D eigenvalue weighted by molar-refractivity contribution is -0.121. The van der Waals surface area contributed by atoms with Crippen LogP contribution < -0.4 is 5.32 Å². The third kappa shape index (κ3) is 3.61. The number of aryl methyl sites for hydroxylation is 2. The molecule has 4 rings (SSSR count). The van der Waals surface area contributed by atoms with Gasteiger partial charge in [0.2, 0.25) is 5.91 Å². The number of fused-ring (bicyclic) bond motifs is 1. The zero-order valence-corrected chi connectivity index (χ0v) is 16.5. The van der Waals surface area contributed by atoms with E-state index in [1.165, 1.54) is 12.1 Å². The fraction of sp³-hybridized carbons (Fsp3) is 0.238. The summed E-state index contributed by atoms with van der Waals surface area (Å²) in [5.74, 6) is -0.446. The van der Waals surface area contributed by atoms with Gasteiger partial charge in [0.1, 0.15) is 12.4 Å². The number of hydrogen-bond acceptors (Lipinski definition) is 4. The molecule has 0 bridgehead atoms. The van der Waals surface area contributed by atoms with Gasteiger partial charge in [-0.05, 0) is 43.2 Å². The fourth-order valence-electron chi connectivity index (χ4n) is 3.37. The van der Waals surface area contributed by atoms with Gasteiger partial charge in [-0.15, -0.1) is 0 Å². The number of carbonyl (C=O) groups is 1. The van der Waals surface area contributed by atoms with Crippen LogP contribution in [0.3, 0.4) is 0 Å². The van der Waals surface area contributed by atoms with Gasteiger partial charge in [0.05, 0.1) is 11.9 Å². The molecule has 4 aromatic rings. The Morgan fingerprint density at radius 3 is 2.62 bits per heavy atom. The number of rotatable bonds is 5. The van der Waals surface area contributed by atoms with E-state index >= 15 is 0 Å². The highest BCUT2D eigenvalue weighted by Crippen LogP contribution is 2.29. The van der Waals surface area contributed by atoms with E-state index in [0.717, 1.165) is 33.5 Å². The number of pyridine rings is 1. The number of amides is 1. The van der Waals surface area contributed by atoms with Crippen LogP contribution >= 0.6 is 0 Å². The van der Waals surface area contributed by atoms with Crippen molar-refractivity contribution in [2.24, 2.45) is 7.05 Å². The van der Waals surface area contributed by atoms with Crippen molar-refractivity contribution < 1.29 is 9.18 Å². The molecule has 29 heavy (non-hydrogen) atoms. The zero-order chi connectivity index (χ0) is 20.5. The van der Waals surface area contributed by atoms with E-state index < -0.39 is 0 Å². The smallest absolute Gasteiger partial charge is 0.242 e. The highest BCUT2D eigenvalue weighted by atomic mass is 19.1. The van der Waals surface area contributed by atoms with E-state index in [4.69, 9.17) is 0 Å². The summed E-state index contributed by atoms with van der Waals surface area (Å²) in [6.07, 6.45) is 3.43. The average molecular weight is 392 g/mol. The van der Waals surface area contributed by atoms with Gasteiger partial charge >= 0.3 is 0 Å². The van der Waals surface area contributed by atoms with Crippen molar-refractivity contribution in [3.05, 3.63) is 65.5 Å². The Balaban J connectivity index is 1.58. The molecule has 1 aromatic carbocycles. The Bertz CT molecular complexity index is 1190. The number of aromatic nitrogens is 5. The van der Waals surface area contributed by atoms with Gasteiger partial charge in [0.15, 0.2) is 5.65 Å². The van der Waals surface area contributed by atoms with Gasteiger partial charge in [-0.2, -0.15) is 10.2 Å². The third-order valence-electron chi connectivity index (χ3n) is 5.07. The van der Waals surface area contributed by atoms with Gasteiger partial charge in [-0.1, -0.05) is 12.1 Å². The highest BCUT2D eigenvalue weighted by molar-refractivity contribution is 5.95. The van der Waals surface area contributed by atoms with Gasteiger partial charge < -0.3 is 5.32 Å². The highest BCUT2D eigenvalue weighted by Gasteiger charge is 2.16. The third-order valence-corrected chi connectivity index (χ3v) is 5.07. The van der Waals surface area contributed by atoms with Crippen LogP contribution in [0.25, 0.3) is 22.2 Å². The first kappa shape index (κ1) is 18.8. The number of nitrogens with one attached hydrogen (secondary N) is 1. The monoisotopic (exact) mass is 392 g/mol. The Hall–Kier alpha value is -3.55. The molecule has 3 aromatic heterocycles. The Kier molecular flexibility index (Phi) is 4.84. The minimum atomic E-state index is -0.285. The molecule has 0 spiro atoms. The summed E-state index contributed by atoms with van der Waals surface area (Å²) >= 11 is 0. The van der Waals surface area contributed by atoms with Crippen LogP contribution in [0.1, 0.15) is 17.0 Å². The largest absolute Gasteiger partial charge is 0.350 e. The quantitative estimate of drug-likeness (QED) is 0.567. The Morgan fingerprint density at radius 1 is 1.17 bits per heavy atom. The maximum absolute atomic E-state index is 13.3. The normalized spacial score (nSPS) is 11.2. The van der Waals surface area contributed by atoms with Crippen LogP contribution in [-0.4, -0.2) is 30.5 Å². The van der Waals surface area contributed by atoms with E-state index in [2.05, 4.69) is 20.5 Å². The molecule has 3 heterocycles. The van der Waals surface area contributed by atoms with Crippen LogP contribution in [0.15, 0.2) is 42.7 Å². The van der Waals surface area contributed by atoms with Crippen molar-refractivity contribution in [1.82, 2.24) is 29.9 Å². The molecule has 0 unspecified atom stereocenters. The number of benzene rings is 1. The second kappa shape index (κ2) is 7.46. The van der Waals surface area contributed by atoms with Crippen molar-refractivity contribution in [1.29, 1.82) is 0 Å². The molecule has 7 nitrogen and oxygen atoms in total. The lowest BCUT2D eigenvalue weighted by atomic mass is 10.0. The van der Waals surface area contributed by atoms with Crippen molar-refractivity contribution in [2.75, 3.05) is 0 Å². The summed E-state index contributed by atoms with van der Waals surface area (Å²) in [5.41, 5.74) is 5.15. The minimum Gasteiger partial charge on any atom is -0.350 e. The molecule has 0 saturated carbocycles. The summed E-state index contributed by atoms with van der Waals surface area (Å²) in [7, 11) is 1.86. The molecule has 148 valence electrons. The second-order valence-electron chi connectivity index (χ2n) is 6.96. The average Bonchev–Trinajstić information content (AvgIpc) is 3.20. The first-order valence-corrected chi connectivity index (χ1v) is 9.26. The summed E-state index contributed by atoms with van der Waals surface area (Å²) in [5, 5.41) is 12.5. The van der Waals surface area contributed by atoms with Crippen LogP contribution in [0.5, 0.6) is 0 Å². The summed E-state index contributed by atoms with van der Waals surface area (Å²) in [4.78, 5) is 16.9. The molecular weight excluding hydrogens is 371 g/mol. The van der Waals surface area contributed by atoms with E-state index in [1.54, 1.807) is 33.9 Å². The summed E-state index contributed by atoms with van der Waals surface area (Å²) in [6.45, 7) is 4.30. The number of carbonyl (C=O) groups excluding carboxylic acids is 1. The van der Waals surface area contributed by atoms with E-state index in [9.17, 15) is 9.18 Å². The van der Waals surface area contributed by atoms with Crippen LogP contribution in [-0.2, 0) is 24.9 Å². The zero-order valence-electron chi connectivity index (χ0n) is 16.5. The molecule has 0 aliphatic heterocycles. The predicted molar refractivity (Wildman–Crippen MR) is 107 cm³/mol. The Morgan fingerprint density at radius 2 is 1.93 bits per heavy atom. The maximum atomic E-state index is 13.3. The lowest BCUT2D eigenvalue weighted by Gasteiger charge is -2.07. The molecule has 1 N–H and O–H groups in total. The minimum absolute atomic E-state index is 0.0590. The molecule has 0 aliphatic carbocycles. The van der Waals surface area contributed by atoms with Crippen molar-refractivity contribution >= 4 is 16.9 Å². The Labute approximate surface area is 167 Å².